The van der Waals surface area contributed by atoms with E-state index in [4.69, 9.17) is 4.74 Å². The van der Waals surface area contributed by atoms with Gasteiger partial charge in [0.2, 0.25) is 0 Å². The largest absolute Gasteiger partial charge is 0.508 e. The van der Waals surface area contributed by atoms with Crippen molar-refractivity contribution in [1.29, 1.82) is 0 Å². The van der Waals surface area contributed by atoms with Crippen LogP contribution in [0.5, 0.6) is 11.5 Å². The van der Waals surface area contributed by atoms with Crippen molar-refractivity contribution < 1.29 is 14.6 Å². The van der Waals surface area contributed by atoms with E-state index in [0.717, 1.165) is 18.4 Å². The molecule has 0 aliphatic heterocycles. The van der Waals surface area contributed by atoms with Crippen molar-refractivity contribution in [3.05, 3.63) is 59.7 Å². The summed E-state index contributed by atoms with van der Waals surface area (Å²) in [6.45, 7) is 1.34. The maximum atomic E-state index is 10.9. The molecule has 1 N–H and O–H groups in total. The Labute approximate surface area is 112 Å². The summed E-state index contributed by atoms with van der Waals surface area (Å²) in [5.41, 5.74) is 2.18. The number of phenolic OH excluding ortho intramolecular Hbond substituents is 1. The Bertz CT molecular complexity index is 561. The molecule has 0 saturated heterocycles. The second-order valence-corrected chi connectivity index (χ2v) is 4.41. The highest BCUT2D eigenvalue weighted by Gasteiger charge is 2.04. The van der Waals surface area contributed by atoms with Crippen molar-refractivity contribution in [3.8, 4) is 11.5 Å². The van der Waals surface area contributed by atoms with E-state index in [1.165, 1.54) is 18.6 Å². The topological polar surface area (TPSA) is 46.5 Å². The molecule has 19 heavy (non-hydrogen) atoms. The Morgan fingerprint density at radius 3 is 2.42 bits per heavy atom. The highest BCUT2D eigenvalue weighted by molar-refractivity contribution is 5.69. The van der Waals surface area contributed by atoms with Gasteiger partial charge in [0.05, 0.1) is 0 Å². The fourth-order valence-electron chi connectivity index (χ4n) is 1.95. The van der Waals surface area contributed by atoms with E-state index in [1.54, 1.807) is 12.1 Å². The molecule has 3 heteroatoms. The molecule has 0 fully saturated rings. The van der Waals surface area contributed by atoms with E-state index in [9.17, 15) is 9.90 Å². The van der Waals surface area contributed by atoms with Crippen molar-refractivity contribution in [2.24, 2.45) is 0 Å². The maximum Gasteiger partial charge on any atom is 0.308 e. The lowest BCUT2D eigenvalue weighted by Crippen LogP contribution is -2.02. The quantitative estimate of drug-likeness (QED) is 0.675. The average molecular weight is 256 g/mol. The van der Waals surface area contributed by atoms with Crippen molar-refractivity contribution in [2.75, 3.05) is 0 Å². The zero-order chi connectivity index (χ0) is 13.7. The Morgan fingerprint density at radius 1 is 1.05 bits per heavy atom. The minimum Gasteiger partial charge on any atom is -0.508 e. The lowest BCUT2D eigenvalue weighted by atomic mass is 10.0. The first kappa shape index (κ1) is 13.1. The van der Waals surface area contributed by atoms with Crippen molar-refractivity contribution in [3.63, 3.8) is 0 Å². The van der Waals surface area contributed by atoms with Crippen molar-refractivity contribution in [2.45, 2.75) is 19.8 Å². The van der Waals surface area contributed by atoms with E-state index in [-0.39, 0.29) is 11.7 Å². The number of ether oxygens (including phenoxy) is 1. The van der Waals surface area contributed by atoms with Crippen LogP contribution in [0.15, 0.2) is 48.5 Å². The minimum atomic E-state index is -0.389. The molecule has 0 unspecified atom stereocenters. The Kier molecular flexibility index (Phi) is 4.18. The molecule has 98 valence electrons. The third kappa shape index (κ3) is 4.14. The molecular weight excluding hydrogens is 240 g/mol. The number of hydrogen-bond donors (Lipinski definition) is 1. The molecule has 3 nitrogen and oxygen atoms in total. The number of phenols is 1. The van der Waals surface area contributed by atoms with Crippen LogP contribution in [0.4, 0.5) is 0 Å². The van der Waals surface area contributed by atoms with Gasteiger partial charge in [-0.15, -0.1) is 0 Å². The zero-order valence-electron chi connectivity index (χ0n) is 10.8. The van der Waals surface area contributed by atoms with Gasteiger partial charge in [-0.25, -0.2) is 0 Å². The molecule has 2 rings (SSSR count). The first-order valence-electron chi connectivity index (χ1n) is 6.19. The van der Waals surface area contributed by atoms with Gasteiger partial charge in [0, 0.05) is 13.0 Å². The molecule has 0 aliphatic rings. The fourth-order valence-corrected chi connectivity index (χ4v) is 1.95. The van der Waals surface area contributed by atoms with Crippen molar-refractivity contribution >= 4 is 5.97 Å². The summed E-state index contributed by atoms with van der Waals surface area (Å²) in [5.74, 6) is 0.108. The van der Waals surface area contributed by atoms with E-state index >= 15 is 0 Å². The van der Waals surface area contributed by atoms with Gasteiger partial charge >= 0.3 is 5.97 Å². The predicted molar refractivity (Wildman–Crippen MR) is 73.3 cm³/mol. The monoisotopic (exact) mass is 256 g/mol. The van der Waals surface area contributed by atoms with Gasteiger partial charge in [-0.1, -0.05) is 30.3 Å². The molecule has 0 aliphatic carbocycles. The summed E-state index contributed by atoms with van der Waals surface area (Å²) in [6.07, 6.45) is 1.66. The molecular formula is C16H16O3. The number of hydrogen-bond acceptors (Lipinski definition) is 3. The summed E-state index contributed by atoms with van der Waals surface area (Å²) in [6, 6.07) is 15.0. The number of aryl methyl sites for hydroxylation is 2. The maximum absolute atomic E-state index is 10.9. The van der Waals surface area contributed by atoms with Gasteiger partial charge in [-0.3, -0.25) is 4.79 Å². The Hall–Kier alpha value is -2.29. The van der Waals surface area contributed by atoms with Gasteiger partial charge in [0.1, 0.15) is 11.5 Å². The highest BCUT2D eigenvalue weighted by Crippen LogP contribution is 2.23. The summed E-state index contributed by atoms with van der Waals surface area (Å²) in [5, 5.41) is 9.61. The van der Waals surface area contributed by atoms with Crippen LogP contribution in [0.3, 0.4) is 0 Å². The third-order valence-electron chi connectivity index (χ3n) is 2.76. The molecule has 0 atom stereocenters. The summed E-state index contributed by atoms with van der Waals surface area (Å²) in [7, 11) is 0. The number of aromatic hydroxyl groups is 1. The zero-order valence-corrected chi connectivity index (χ0v) is 10.8. The van der Waals surface area contributed by atoms with E-state index in [2.05, 4.69) is 12.1 Å². The number of carbonyl (C=O) groups is 1. The lowest BCUT2D eigenvalue weighted by Gasteiger charge is -2.07. The minimum absolute atomic E-state index is 0.113. The SMILES string of the molecule is CC(=O)Oc1cc(O)cc(CCc2ccccc2)c1. The van der Waals surface area contributed by atoms with Crippen LogP contribution in [0.2, 0.25) is 0 Å². The second kappa shape index (κ2) is 6.05. The van der Waals surface area contributed by atoms with Gasteiger partial charge in [-0.2, -0.15) is 0 Å². The fraction of sp³-hybridized carbons (Fsp3) is 0.188. The first-order valence-corrected chi connectivity index (χ1v) is 6.19. The smallest absolute Gasteiger partial charge is 0.308 e. The number of rotatable bonds is 4. The van der Waals surface area contributed by atoms with Gasteiger partial charge < -0.3 is 9.84 Å². The van der Waals surface area contributed by atoms with Crippen LogP contribution >= 0.6 is 0 Å². The molecule has 0 amide bonds. The number of esters is 1. The molecule has 0 spiro atoms. The lowest BCUT2D eigenvalue weighted by molar-refractivity contribution is -0.131. The summed E-state index contributed by atoms with van der Waals surface area (Å²) in [4.78, 5) is 10.9. The summed E-state index contributed by atoms with van der Waals surface area (Å²) >= 11 is 0. The van der Waals surface area contributed by atoms with E-state index in [1.807, 2.05) is 18.2 Å². The normalized spacial score (nSPS) is 10.2. The molecule has 0 aromatic heterocycles. The van der Waals surface area contributed by atoms with Crippen LogP contribution in [0.25, 0.3) is 0 Å². The van der Waals surface area contributed by atoms with Crippen LogP contribution in [0.1, 0.15) is 18.1 Å². The molecule has 0 heterocycles. The van der Waals surface area contributed by atoms with Gasteiger partial charge in [0.15, 0.2) is 0 Å². The Morgan fingerprint density at radius 2 is 1.74 bits per heavy atom. The third-order valence-corrected chi connectivity index (χ3v) is 2.76. The molecule has 0 bridgehead atoms. The number of benzene rings is 2. The molecule has 2 aromatic rings. The van der Waals surface area contributed by atoms with Gasteiger partial charge in [0.25, 0.3) is 0 Å². The average Bonchev–Trinajstić information content (AvgIpc) is 2.36. The van der Waals surface area contributed by atoms with Crippen LogP contribution in [-0.4, -0.2) is 11.1 Å². The highest BCUT2D eigenvalue weighted by atomic mass is 16.5. The molecule has 2 aromatic carbocycles. The molecule has 0 radical (unpaired) electrons. The number of carbonyl (C=O) groups excluding carboxylic acids is 1. The summed E-state index contributed by atoms with van der Waals surface area (Å²) < 4.78 is 4.99. The Balaban J connectivity index is 2.07. The molecule has 0 saturated carbocycles. The van der Waals surface area contributed by atoms with Crippen molar-refractivity contribution in [1.82, 2.24) is 0 Å². The first-order chi connectivity index (χ1) is 9.13. The van der Waals surface area contributed by atoms with Crippen LogP contribution < -0.4 is 4.74 Å². The van der Waals surface area contributed by atoms with Crippen LogP contribution in [0, 0.1) is 0 Å². The van der Waals surface area contributed by atoms with Crippen LogP contribution in [-0.2, 0) is 17.6 Å². The van der Waals surface area contributed by atoms with E-state index in [0.29, 0.717) is 5.75 Å². The van der Waals surface area contributed by atoms with Gasteiger partial charge in [-0.05, 0) is 36.1 Å². The second-order valence-electron chi connectivity index (χ2n) is 4.41. The predicted octanol–water partition coefficient (Wildman–Crippen LogP) is 3.10. The standard InChI is InChI=1S/C16H16O3/c1-12(17)19-16-10-14(9-15(18)11-16)8-7-13-5-3-2-4-6-13/h2-6,9-11,18H,7-8H2,1H3. The van der Waals surface area contributed by atoms with E-state index < -0.39 is 0 Å².